The predicted octanol–water partition coefficient (Wildman–Crippen LogP) is 6.12. The third kappa shape index (κ3) is 6.56. The molecule has 0 unspecified atom stereocenters. The van der Waals surface area contributed by atoms with Gasteiger partial charge in [0.15, 0.2) is 0 Å². The van der Waals surface area contributed by atoms with Crippen LogP contribution in [0.3, 0.4) is 0 Å². The van der Waals surface area contributed by atoms with Gasteiger partial charge < -0.3 is 10.2 Å². The first-order valence-corrected chi connectivity index (χ1v) is 12.4. The van der Waals surface area contributed by atoms with Crippen LogP contribution in [-0.2, 0) is 10.2 Å². The zero-order chi connectivity index (χ0) is 24.9. The lowest BCUT2D eigenvalue weighted by atomic mass is 9.92. The van der Waals surface area contributed by atoms with Crippen LogP contribution in [0.15, 0.2) is 59.1 Å². The van der Waals surface area contributed by atoms with Crippen LogP contribution in [0.25, 0.3) is 5.69 Å². The summed E-state index contributed by atoms with van der Waals surface area (Å²) in [7, 11) is 0. The van der Waals surface area contributed by atoms with E-state index in [1.54, 1.807) is 21.7 Å². The Bertz CT molecular complexity index is 1160. The second-order valence-corrected chi connectivity index (χ2v) is 10.5. The molecule has 1 N–H and O–H groups in total. The van der Waals surface area contributed by atoms with E-state index in [1.165, 1.54) is 0 Å². The van der Waals surface area contributed by atoms with Gasteiger partial charge in [0.1, 0.15) is 12.4 Å². The number of aryl methyl sites for hydroxylation is 1. The molecule has 0 aliphatic carbocycles. The fourth-order valence-electron chi connectivity index (χ4n) is 3.55. The third-order valence-electron chi connectivity index (χ3n) is 5.47. The highest BCUT2D eigenvalue weighted by Gasteiger charge is 2.23. The van der Waals surface area contributed by atoms with E-state index in [0.29, 0.717) is 17.9 Å². The second-order valence-electron chi connectivity index (χ2n) is 9.55. The molecule has 0 saturated carbocycles. The molecule has 1 heterocycles. The Morgan fingerprint density at radius 2 is 1.82 bits per heavy atom. The summed E-state index contributed by atoms with van der Waals surface area (Å²) >= 11 is 3.42. The quantitative estimate of drug-likeness (QED) is 0.385. The van der Waals surface area contributed by atoms with Crippen LogP contribution < -0.4 is 5.32 Å². The Morgan fingerprint density at radius 1 is 1.09 bits per heavy atom. The van der Waals surface area contributed by atoms with Gasteiger partial charge in [0.25, 0.3) is 5.91 Å². The van der Waals surface area contributed by atoms with Crippen molar-refractivity contribution in [2.45, 2.75) is 52.9 Å². The number of halogens is 1. The van der Waals surface area contributed by atoms with E-state index in [2.05, 4.69) is 48.9 Å². The Hall–Kier alpha value is -2.93. The number of carbonyl (C=O) groups excluding carboxylic acids is 2. The topological polar surface area (TPSA) is 67.2 Å². The molecule has 6 nitrogen and oxygen atoms in total. The minimum absolute atomic E-state index is 0.0325. The monoisotopic (exact) mass is 524 g/mol. The average molecular weight is 525 g/mol. The van der Waals surface area contributed by atoms with Crippen molar-refractivity contribution in [3.63, 3.8) is 0 Å². The van der Waals surface area contributed by atoms with Gasteiger partial charge in [-0.15, -0.1) is 0 Å². The fourth-order valence-corrected chi connectivity index (χ4v) is 3.95. The molecule has 0 saturated heterocycles. The highest BCUT2D eigenvalue weighted by Crippen LogP contribution is 2.26. The SMILES string of the molecule is CCCCN(CC(=O)Nc1cc(C(C)(C)C)nn1-c1cccc(C)c1)C(=O)c1cccc(Br)c1. The molecule has 0 spiro atoms. The molecule has 0 aliphatic rings. The van der Waals surface area contributed by atoms with Gasteiger partial charge in [-0.25, -0.2) is 4.68 Å². The van der Waals surface area contributed by atoms with Gasteiger partial charge in [-0.2, -0.15) is 5.10 Å². The van der Waals surface area contributed by atoms with Crippen LogP contribution in [0.4, 0.5) is 5.82 Å². The van der Waals surface area contributed by atoms with Crippen molar-refractivity contribution in [3.05, 3.63) is 75.9 Å². The summed E-state index contributed by atoms with van der Waals surface area (Å²) in [5.74, 6) is 0.173. The standard InChI is InChI=1S/C27H33BrN4O2/c1-6-7-14-31(26(34)20-11-9-12-21(28)16-20)18-25(33)29-24-17-23(27(3,4)5)30-32(24)22-13-8-10-19(2)15-22/h8-13,15-17H,6-7,14,18H2,1-5H3,(H,29,33). The first kappa shape index (κ1) is 25.7. The minimum atomic E-state index is -0.256. The molecule has 0 fully saturated rings. The number of unbranched alkanes of at least 4 members (excludes halogenated alkanes) is 1. The number of rotatable bonds is 8. The first-order chi connectivity index (χ1) is 16.1. The first-order valence-electron chi connectivity index (χ1n) is 11.6. The summed E-state index contributed by atoms with van der Waals surface area (Å²) in [4.78, 5) is 27.9. The van der Waals surface area contributed by atoms with Crippen LogP contribution in [0.5, 0.6) is 0 Å². The van der Waals surface area contributed by atoms with Gasteiger partial charge in [-0.1, -0.05) is 68.2 Å². The number of carbonyl (C=O) groups is 2. The van der Waals surface area contributed by atoms with Crippen molar-refractivity contribution >= 4 is 33.6 Å². The number of hydrogen-bond donors (Lipinski definition) is 1. The van der Waals surface area contributed by atoms with E-state index in [0.717, 1.165) is 34.3 Å². The van der Waals surface area contributed by atoms with Crippen molar-refractivity contribution < 1.29 is 9.59 Å². The largest absolute Gasteiger partial charge is 0.329 e. The van der Waals surface area contributed by atoms with Crippen LogP contribution in [0.1, 0.15) is 62.2 Å². The van der Waals surface area contributed by atoms with E-state index in [-0.39, 0.29) is 23.8 Å². The van der Waals surface area contributed by atoms with Crippen LogP contribution >= 0.6 is 15.9 Å². The molecule has 2 amide bonds. The summed E-state index contributed by atoms with van der Waals surface area (Å²) in [6.45, 7) is 10.8. The molecule has 0 bridgehead atoms. The molecule has 2 aromatic carbocycles. The normalized spacial score (nSPS) is 11.4. The summed E-state index contributed by atoms with van der Waals surface area (Å²) in [5.41, 5.74) is 3.22. The molecule has 0 radical (unpaired) electrons. The van der Waals surface area contributed by atoms with Crippen LogP contribution in [0, 0.1) is 6.92 Å². The van der Waals surface area contributed by atoms with E-state index >= 15 is 0 Å². The lowest BCUT2D eigenvalue weighted by molar-refractivity contribution is -0.116. The minimum Gasteiger partial charge on any atom is -0.329 e. The Kier molecular flexibility index (Phi) is 8.31. The van der Waals surface area contributed by atoms with E-state index in [1.807, 2.05) is 49.4 Å². The fraction of sp³-hybridized carbons (Fsp3) is 0.370. The molecule has 3 rings (SSSR count). The number of nitrogens with zero attached hydrogens (tertiary/aromatic N) is 3. The number of benzene rings is 2. The van der Waals surface area contributed by atoms with Crippen molar-refractivity contribution in [2.75, 3.05) is 18.4 Å². The highest BCUT2D eigenvalue weighted by atomic mass is 79.9. The number of nitrogens with one attached hydrogen (secondary N) is 1. The Balaban J connectivity index is 1.86. The maximum absolute atomic E-state index is 13.2. The van der Waals surface area contributed by atoms with Crippen molar-refractivity contribution in [2.24, 2.45) is 0 Å². The van der Waals surface area contributed by atoms with Gasteiger partial charge in [0, 0.05) is 28.1 Å². The molecular formula is C27H33BrN4O2. The van der Waals surface area contributed by atoms with Gasteiger partial charge >= 0.3 is 0 Å². The van der Waals surface area contributed by atoms with Crippen molar-refractivity contribution in [3.8, 4) is 5.69 Å². The highest BCUT2D eigenvalue weighted by molar-refractivity contribution is 9.10. The average Bonchev–Trinajstić information content (AvgIpc) is 3.20. The number of hydrogen-bond acceptors (Lipinski definition) is 3. The number of amides is 2. The smallest absolute Gasteiger partial charge is 0.254 e. The maximum Gasteiger partial charge on any atom is 0.254 e. The molecule has 0 atom stereocenters. The molecule has 7 heteroatoms. The lowest BCUT2D eigenvalue weighted by Crippen LogP contribution is -2.39. The van der Waals surface area contributed by atoms with Crippen LogP contribution in [0.2, 0.25) is 0 Å². The number of anilines is 1. The second kappa shape index (κ2) is 11.0. The number of aromatic nitrogens is 2. The molecule has 0 aliphatic heterocycles. The summed E-state index contributed by atoms with van der Waals surface area (Å²) < 4.78 is 2.59. The van der Waals surface area contributed by atoms with Gasteiger partial charge in [-0.05, 0) is 49.2 Å². The van der Waals surface area contributed by atoms with Gasteiger partial charge in [0.2, 0.25) is 5.91 Å². The molecule has 3 aromatic rings. The Labute approximate surface area is 210 Å². The van der Waals surface area contributed by atoms with E-state index in [9.17, 15) is 9.59 Å². The van der Waals surface area contributed by atoms with E-state index < -0.39 is 0 Å². The molecule has 180 valence electrons. The summed E-state index contributed by atoms with van der Waals surface area (Å²) in [5, 5.41) is 7.79. The predicted molar refractivity (Wildman–Crippen MR) is 141 cm³/mol. The van der Waals surface area contributed by atoms with Gasteiger partial charge in [-0.3, -0.25) is 9.59 Å². The van der Waals surface area contributed by atoms with Crippen molar-refractivity contribution in [1.82, 2.24) is 14.7 Å². The zero-order valence-electron chi connectivity index (χ0n) is 20.6. The van der Waals surface area contributed by atoms with Crippen molar-refractivity contribution in [1.29, 1.82) is 0 Å². The molecule has 1 aromatic heterocycles. The van der Waals surface area contributed by atoms with E-state index in [4.69, 9.17) is 5.10 Å². The summed E-state index contributed by atoms with van der Waals surface area (Å²) in [6, 6.07) is 17.1. The lowest BCUT2D eigenvalue weighted by Gasteiger charge is -2.22. The van der Waals surface area contributed by atoms with Crippen LogP contribution in [-0.4, -0.2) is 39.6 Å². The Morgan fingerprint density at radius 3 is 2.47 bits per heavy atom. The summed E-state index contributed by atoms with van der Waals surface area (Å²) in [6.07, 6.45) is 1.75. The van der Waals surface area contributed by atoms with Gasteiger partial charge in [0.05, 0.1) is 11.4 Å². The third-order valence-corrected chi connectivity index (χ3v) is 5.96. The molecular weight excluding hydrogens is 492 g/mol. The zero-order valence-corrected chi connectivity index (χ0v) is 22.1. The maximum atomic E-state index is 13.2. The molecule has 34 heavy (non-hydrogen) atoms.